The fourth-order valence-electron chi connectivity index (χ4n) is 4.52. The predicted octanol–water partition coefficient (Wildman–Crippen LogP) is -3.49. The highest BCUT2D eigenvalue weighted by atomic mass is 16.5. The van der Waals surface area contributed by atoms with Gasteiger partial charge in [0, 0.05) is 85.5 Å². The third-order valence-corrected chi connectivity index (χ3v) is 7.67. The maximum absolute atomic E-state index is 12.3. The molecule has 0 saturated heterocycles. The van der Waals surface area contributed by atoms with Gasteiger partial charge in [0.15, 0.2) is 0 Å². The SMILES string of the molecule is CCC(O)COCCCOCC(O)CN(CCOC(=O)CCC(=O)OCCNCC(O)COCCCOCC(O)CN)CC(O)COCCCOCC(O)CN. The van der Waals surface area contributed by atoms with Crippen molar-refractivity contribution < 1.29 is 78.1 Å². The topological polar surface area (TPSA) is 297 Å². The molecule has 0 saturated carbocycles. The Morgan fingerprint density at radius 3 is 1.32 bits per heavy atom. The zero-order valence-corrected chi connectivity index (χ0v) is 33.4. The summed E-state index contributed by atoms with van der Waals surface area (Å²) in [7, 11) is 0. The molecule has 0 aromatic carbocycles. The first kappa shape index (κ1) is 54.3. The lowest BCUT2D eigenvalue weighted by molar-refractivity contribution is -0.150. The minimum absolute atomic E-state index is 0.0218. The summed E-state index contributed by atoms with van der Waals surface area (Å²) in [4.78, 5) is 26.1. The van der Waals surface area contributed by atoms with E-state index in [9.17, 15) is 40.2 Å². The summed E-state index contributed by atoms with van der Waals surface area (Å²) in [5.41, 5.74) is 10.6. The summed E-state index contributed by atoms with van der Waals surface area (Å²) in [6, 6.07) is 0. The summed E-state index contributed by atoms with van der Waals surface area (Å²) in [6.07, 6.45) is -2.47. The molecule has 0 amide bonds. The average molecular weight is 819 g/mol. The van der Waals surface area contributed by atoms with Gasteiger partial charge in [-0.15, -0.1) is 0 Å². The number of hydrogen-bond donors (Lipinski definition) is 9. The third kappa shape index (κ3) is 36.6. The van der Waals surface area contributed by atoms with E-state index in [-0.39, 0.29) is 105 Å². The fourth-order valence-corrected chi connectivity index (χ4v) is 4.52. The number of carbonyl (C=O) groups excluding carboxylic acids is 2. The number of nitrogens with zero attached hydrogens (tertiary/aromatic N) is 1. The fraction of sp³-hybridized carbons (Fsp3) is 0.944. The Morgan fingerprint density at radius 2 is 0.911 bits per heavy atom. The van der Waals surface area contributed by atoms with E-state index < -0.39 is 48.6 Å². The molecule has 0 fully saturated rings. The molecule has 56 heavy (non-hydrogen) atoms. The van der Waals surface area contributed by atoms with Crippen LogP contribution in [0.2, 0.25) is 0 Å². The maximum Gasteiger partial charge on any atom is 0.306 e. The Morgan fingerprint density at radius 1 is 0.536 bits per heavy atom. The maximum atomic E-state index is 12.3. The van der Waals surface area contributed by atoms with E-state index in [0.29, 0.717) is 71.9 Å². The molecular weight excluding hydrogens is 744 g/mol. The number of hydrogen-bond acceptors (Lipinski definition) is 20. The van der Waals surface area contributed by atoms with Crippen molar-refractivity contribution in [1.82, 2.24) is 10.2 Å². The molecule has 0 bridgehead atoms. The van der Waals surface area contributed by atoms with Crippen LogP contribution in [0.4, 0.5) is 0 Å². The lowest BCUT2D eigenvalue weighted by atomic mass is 10.2. The molecule has 0 rings (SSSR count). The molecule has 0 heterocycles. The highest BCUT2D eigenvalue weighted by molar-refractivity contribution is 5.77. The summed E-state index contributed by atoms with van der Waals surface area (Å²) in [6.45, 7) is 6.04. The molecule has 0 aromatic rings. The molecule has 0 aromatic heterocycles. The largest absolute Gasteiger partial charge is 0.464 e. The van der Waals surface area contributed by atoms with Crippen molar-refractivity contribution in [2.45, 2.75) is 82.1 Å². The van der Waals surface area contributed by atoms with Gasteiger partial charge in [-0.1, -0.05) is 6.92 Å². The molecule has 20 nitrogen and oxygen atoms in total. The predicted molar refractivity (Wildman–Crippen MR) is 204 cm³/mol. The Kier molecular flexibility index (Phi) is 37.6. The van der Waals surface area contributed by atoms with Gasteiger partial charge in [-0.2, -0.15) is 0 Å². The van der Waals surface area contributed by atoms with E-state index in [1.807, 2.05) is 6.92 Å². The highest BCUT2D eigenvalue weighted by Gasteiger charge is 2.18. The van der Waals surface area contributed by atoms with Crippen LogP contribution in [0.5, 0.6) is 0 Å². The van der Waals surface area contributed by atoms with Crippen molar-refractivity contribution in [3.8, 4) is 0 Å². The summed E-state index contributed by atoms with van der Waals surface area (Å²) < 4.78 is 42.8. The monoisotopic (exact) mass is 819 g/mol. The molecule has 0 spiro atoms. The van der Waals surface area contributed by atoms with Gasteiger partial charge in [0.05, 0.1) is 89.1 Å². The first-order chi connectivity index (χ1) is 27.0. The van der Waals surface area contributed by atoms with E-state index in [0.717, 1.165) is 0 Å². The van der Waals surface area contributed by atoms with Gasteiger partial charge < -0.3 is 85.3 Å². The third-order valence-electron chi connectivity index (χ3n) is 7.67. The number of nitrogens with one attached hydrogen (secondary N) is 1. The Hall–Kier alpha value is -1.70. The number of esters is 2. The van der Waals surface area contributed by atoms with Crippen LogP contribution in [-0.4, -0.2) is 222 Å². The van der Waals surface area contributed by atoms with Crippen LogP contribution < -0.4 is 16.8 Å². The molecule has 6 unspecified atom stereocenters. The molecule has 0 aliphatic heterocycles. The Balaban J connectivity index is 4.37. The molecular formula is C36H74N4O16. The zero-order valence-electron chi connectivity index (χ0n) is 33.4. The van der Waals surface area contributed by atoms with Gasteiger partial charge in [0.1, 0.15) is 13.2 Å². The molecule has 20 heteroatoms. The molecule has 6 atom stereocenters. The second-order valence-corrected chi connectivity index (χ2v) is 13.2. The smallest absolute Gasteiger partial charge is 0.306 e. The molecule has 334 valence electrons. The molecule has 0 radical (unpaired) electrons. The second kappa shape index (κ2) is 38.8. The summed E-state index contributed by atoms with van der Waals surface area (Å²) in [5.74, 6) is -1.18. The minimum atomic E-state index is -0.908. The second-order valence-electron chi connectivity index (χ2n) is 13.2. The van der Waals surface area contributed by atoms with E-state index in [4.69, 9.17) is 49.4 Å². The molecule has 0 aliphatic rings. The van der Waals surface area contributed by atoms with Gasteiger partial charge >= 0.3 is 11.9 Å². The number of rotatable bonds is 42. The first-order valence-electron chi connectivity index (χ1n) is 19.7. The van der Waals surface area contributed by atoms with Gasteiger partial charge in [0.25, 0.3) is 0 Å². The van der Waals surface area contributed by atoms with Crippen molar-refractivity contribution in [3.63, 3.8) is 0 Å². The van der Waals surface area contributed by atoms with Gasteiger partial charge in [0.2, 0.25) is 0 Å². The van der Waals surface area contributed by atoms with Crippen molar-refractivity contribution in [2.75, 3.05) is 138 Å². The quantitative estimate of drug-likeness (QED) is 0.0213. The number of carbonyl (C=O) groups is 2. The van der Waals surface area contributed by atoms with Crippen molar-refractivity contribution in [2.24, 2.45) is 11.5 Å². The van der Waals surface area contributed by atoms with Crippen molar-refractivity contribution in [3.05, 3.63) is 0 Å². The van der Waals surface area contributed by atoms with E-state index in [1.54, 1.807) is 4.90 Å². The Labute approximate surface area is 331 Å². The van der Waals surface area contributed by atoms with Crippen LogP contribution in [0, 0.1) is 0 Å². The lowest BCUT2D eigenvalue weighted by Crippen LogP contribution is -2.42. The van der Waals surface area contributed by atoms with Gasteiger partial charge in [-0.05, 0) is 25.7 Å². The van der Waals surface area contributed by atoms with Crippen molar-refractivity contribution in [1.29, 1.82) is 0 Å². The zero-order chi connectivity index (χ0) is 41.7. The highest BCUT2D eigenvalue weighted by Crippen LogP contribution is 2.02. The van der Waals surface area contributed by atoms with E-state index in [1.165, 1.54) is 0 Å². The van der Waals surface area contributed by atoms with Crippen LogP contribution in [0.1, 0.15) is 45.4 Å². The van der Waals surface area contributed by atoms with Gasteiger partial charge in [-0.25, -0.2) is 0 Å². The normalized spacial score (nSPS) is 15.0. The van der Waals surface area contributed by atoms with Crippen LogP contribution in [0.25, 0.3) is 0 Å². The van der Waals surface area contributed by atoms with Crippen LogP contribution in [0.3, 0.4) is 0 Å². The minimum Gasteiger partial charge on any atom is -0.464 e. The average Bonchev–Trinajstić information content (AvgIpc) is 3.18. The van der Waals surface area contributed by atoms with Crippen LogP contribution in [-0.2, 0) is 47.5 Å². The molecule has 0 aliphatic carbocycles. The van der Waals surface area contributed by atoms with Gasteiger partial charge in [-0.3, -0.25) is 14.5 Å². The number of ether oxygens (including phenoxy) is 8. The van der Waals surface area contributed by atoms with E-state index in [2.05, 4.69) is 5.32 Å². The van der Waals surface area contributed by atoms with E-state index >= 15 is 0 Å². The standard InChI is InChI=1S/C36H74N4O16/c1-2-29(41)23-49-10-3-14-53-27-33(45)21-40(22-34(46)28-54-15-5-12-51-25-31(43)19-38)9-17-56-36(48)7-6-35(47)55-16-8-39-20-32(44)26-52-13-4-11-50-24-30(42)18-37/h29-34,39,41-46H,2-28,37-38H2,1H3. The van der Waals surface area contributed by atoms with Crippen molar-refractivity contribution >= 4 is 11.9 Å². The van der Waals surface area contributed by atoms with Crippen LogP contribution in [0.15, 0.2) is 0 Å². The number of aliphatic hydroxyl groups excluding tert-OH is 6. The molecule has 11 N–H and O–H groups in total. The number of aliphatic hydroxyl groups is 6. The Bertz CT molecular complexity index is 870. The summed E-state index contributed by atoms with van der Waals surface area (Å²) >= 11 is 0. The lowest BCUT2D eigenvalue weighted by Gasteiger charge is -2.27. The van der Waals surface area contributed by atoms with Crippen LogP contribution >= 0.6 is 0 Å². The first-order valence-corrected chi connectivity index (χ1v) is 19.7. The summed E-state index contributed by atoms with van der Waals surface area (Å²) in [5, 5.41) is 62.4. The number of nitrogens with two attached hydrogens (primary N) is 2.